The minimum Gasteiger partial charge on any atom is -0.497 e. The number of halogens is 1. The van der Waals surface area contributed by atoms with Crippen LogP contribution in [0.1, 0.15) is 19.4 Å². The fraction of sp³-hybridized carbons (Fsp3) is 0.286. The van der Waals surface area contributed by atoms with Crippen LogP contribution in [0.5, 0.6) is 5.75 Å². The second kappa shape index (κ2) is 4.24. The molecular formula is C14H15FO2. The van der Waals surface area contributed by atoms with Crippen molar-refractivity contribution in [3.05, 3.63) is 47.7 Å². The average molecular weight is 234 g/mol. The van der Waals surface area contributed by atoms with Crippen LogP contribution in [0.25, 0.3) is 6.08 Å². The van der Waals surface area contributed by atoms with Crippen molar-refractivity contribution in [2.75, 3.05) is 7.11 Å². The third-order valence-electron chi connectivity index (χ3n) is 2.73. The van der Waals surface area contributed by atoms with Crippen molar-refractivity contribution in [3.63, 3.8) is 0 Å². The molecule has 0 unspecified atom stereocenters. The molecule has 0 aromatic heterocycles. The molecule has 0 atom stereocenters. The smallest absolute Gasteiger partial charge is 0.274 e. The van der Waals surface area contributed by atoms with E-state index >= 15 is 0 Å². The van der Waals surface area contributed by atoms with Crippen molar-refractivity contribution >= 4 is 6.08 Å². The lowest BCUT2D eigenvalue weighted by Crippen LogP contribution is -2.06. The highest BCUT2D eigenvalue weighted by Gasteiger charge is 2.31. The fourth-order valence-corrected chi connectivity index (χ4v) is 1.69. The zero-order valence-electron chi connectivity index (χ0n) is 10.2. The minimum atomic E-state index is -0.533. The Morgan fingerprint density at radius 3 is 2.35 bits per heavy atom. The SMILES string of the molecule is COc1ccc(/C=C2\OC(F)=CC2(C)C)cc1. The van der Waals surface area contributed by atoms with Crippen molar-refractivity contribution in [2.24, 2.45) is 5.41 Å². The summed E-state index contributed by atoms with van der Waals surface area (Å²) in [5.74, 6) is 1.41. The highest BCUT2D eigenvalue weighted by atomic mass is 19.1. The first kappa shape index (κ1) is 11.7. The zero-order valence-corrected chi connectivity index (χ0v) is 10.2. The van der Waals surface area contributed by atoms with Gasteiger partial charge in [0.1, 0.15) is 11.5 Å². The molecule has 90 valence electrons. The lowest BCUT2D eigenvalue weighted by molar-refractivity contribution is 0.214. The summed E-state index contributed by atoms with van der Waals surface area (Å²) in [5, 5.41) is 0. The maximum absolute atomic E-state index is 13.1. The van der Waals surface area contributed by atoms with E-state index in [4.69, 9.17) is 9.47 Å². The van der Waals surface area contributed by atoms with Gasteiger partial charge in [0.25, 0.3) is 6.01 Å². The lowest BCUT2D eigenvalue weighted by Gasteiger charge is -2.15. The standard InChI is InChI=1S/C14H15FO2/c1-14(2)9-13(15)17-12(14)8-10-4-6-11(16-3)7-5-10/h4-9H,1-3H3/b12-8-. The first-order valence-electron chi connectivity index (χ1n) is 5.44. The van der Waals surface area contributed by atoms with E-state index in [0.29, 0.717) is 5.76 Å². The zero-order chi connectivity index (χ0) is 12.5. The van der Waals surface area contributed by atoms with Gasteiger partial charge in [-0.15, -0.1) is 0 Å². The summed E-state index contributed by atoms with van der Waals surface area (Å²) in [6.45, 7) is 3.82. The number of methoxy groups -OCH3 is 1. The van der Waals surface area contributed by atoms with Crippen LogP contribution in [0.4, 0.5) is 4.39 Å². The van der Waals surface area contributed by atoms with E-state index in [2.05, 4.69) is 0 Å². The number of rotatable bonds is 2. The van der Waals surface area contributed by atoms with Crippen molar-refractivity contribution in [3.8, 4) is 5.75 Å². The predicted molar refractivity (Wildman–Crippen MR) is 65.0 cm³/mol. The maximum Gasteiger partial charge on any atom is 0.274 e. The van der Waals surface area contributed by atoms with Gasteiger partial charge < -0.3 is 9.47 Å². The van der Waals surface area contributed by atoms with Gasteiger partial charge in [0.15, 0.2) is 0 Å². The third kappa shape index (κ3) is 2.49. The first-order valence-corrected chi connectivity index (χ1v) is 5.44. The normalized spacial score (nSPS) is 20.0. The van der Waals surface area contributed by atoms with E-state index < -0.39 is 11.4 Å². The molecule has 0 saturated carbocycles. The molecule has 0 bridgehead atoms. The van der Waals surface area contributed by atoms with Crippen LogP contribution in [0.3, 0.4) is 0 Å². The molecule has 1 aliphatic rings. The van der Waals surface area contributed by atoms with Crippen molar-refractivity contribution in [1.29, 1.82) is 0 Å². The molecule has 0 spiro atoms. The Kier molecular flexibility index (Phi) is 2.92. The summed E-state index contributed by atoms with van der Waals surface area (Å²) >= 11 is 0. The minimum absolute atomic E-state index is 0.399. The van der Waals surface area contributed by atoms with E-state index in [1.165, 1.54) is 6.08 Å². The molecule has 3 heteroatoms. The summed E-state index contributed by atoms with van der Waals surface area (Å²) < 4.78 is 23.2. The molecule has 0 amide bonds. The van der Waals surface area contributed by atoms with Gasteiger partial charge in [-0.1, -0.05) is 12.1 Å². The number of hydrogen-bond acceptors (Lipinski definition) is 2. The quantitative estimate of drug-likeness (QED) is 0.772. The topological polar surface area (TPSA) is 18.5 Å². The summed E-state index contributed by atoms with van der Waals surface area (Å²) in [5.41, 5.74) is 0.557. The Bertz CT molecular complexity index is 470. The molecule has 1 aromatic rings. The summed E-state index contributed by atoms with van der Waals surface area (Å²) in [7, 11) is 1.62. The van der Waals surface area contributed by atoms with Crippen LogP contribution < -0.4 is 4.74 Å². The fourth-order valence-electron chi connectivity index (χ4n) is 1.69. The Labute approximate surface area is 100 Å². The predicted octanol–water partition coefficient (Wildman–Crippen LogP) is 3.90. The van der Waals surface area contributed by atoms with Gasteiger partial charge in [-0.05, 0) is 37.6 Å². The lowest BCUT2D eigenvalue weighted by atomic mass is 9.91. The first-order chi connectivity index (χ1) is 8.01. The van der Waals surface area contributed by atoms with Gasteiger partial charge in [0.05, 0.1) is 7.11 Å². The molecule has 0 radical (unpaired) electrons. The molecule has 1 aliphatic heterocycles. The maximum atomic E-state index is 13.1. The number of benzene rings is 1. The van der Waals surface area contributed by atoms with Crippen molar-refractivity contribution in [1.82, 2.24) is 0 Å². The van der Waals surface area contributed by atoms with Crippen LogP contribution >= 0.6 is 0 Å². The Morgan fingerprint density at radius 1 is 1.24 bits per heavy atom. The van der Waals surface area contributed by atoms with Crippen LogP contribution in [-0.2, 0) is 4.74 Å². The van der Waals surface area contributed by atoms with E-state index in [1.807, 2.05) is 44.2 Å². The molecular weight excluding hydrogens is 219 g/mol. The largest absolute Gasteiger partial charge is 0.497 e. The summed E-state index contributed by atoms with van der Waals surface area (Å²) in [6.07, 6.45) is 3.31. The van der Waals surface area contributed by atoms with Crippen LogP contribution in [0.15, 0.2) is 42.1 Å². The monoisotopic (exact) mass is 234 g/mol. The van der Waals surface area contributed by atoms with Gasteiger partial charge in [0.2, 0.25) is 0 Å². The molecule has 0 aliphatic carbocycles. The van der Waals surface area contributed by atoms with Gasteiger partial charge in [0, 0.05) is 11.5 Å². The van der Waals surface area contributed by atoms with E-state index in [9.17, 15) is 4.39 Å². The molecule has 17 heavy (non-hydrogen) atoms. The highest BCUT2D eigenvalue weighted by molar-refractivity contribution is 5.55. The van der Waals surface area contributed by atoms with E-state index in [-0.39, 0.29) is 0 Å². The molecule has 2 rings (SSSR count). The van der Waals surface area contributed by atoms with Gasteiger partial charge in [-0.25, -0.2) is 0 Å². The molecule has 0 saturated heterocycles. The summed E-state index contributed by atoms with van der Waals surface area (Å²) in [4.78, 5) is 0. The number of ether oxygens (including phenoxy) is 2. The molecule has 0 fully saturated rings. The Hall–Kier alpha value is -1.77. The van der Waals surface area contributed by atoms with E-state index in [1.54, 1.807) is 7.11 Å². The van der Waals surface area contributed by atoms with Crippen molar-refractivity contribution < 1.29 is 13.9 Å². The van der Waals surface area contributed by atoms with Crippen LogP contribution in [-0.4, -0.2) is 7.11 Å². The molecule has 0 N–H and O–H groups in total. The van der Waals surface area contributed by atoms with Crippen LogP contribution in [0.2, 0.25) is 0 Å². The van der Waals surface area contributed by atoms with E-state index in [0.717, 1.165) is 11.3 Å². The second-order valence-electron chi connectivity index (χ2n) is 4.55. The van der Waals surface area contributed by atoms with Gasteiger partial charge >= 0.3 is 0 Å². The summed E-state index contributed by atoms with van der Waals surface area (Å²) in [6, 6.07) is 6.99. The number of allylic oxidation sites excluding steroid dienone is 1. The average Bonchev–Trinajstić information content (AvgIpc) is 2.53. The van der Waals surface area contributed by atoms with Gasteiger partial charge in [-0.2, -0.15) is 4.39 Å². The van der Waals surface area contributed by atoms with Crippen LogP contribution in [0, 0.1) is 5.41 Å². The molecule has 1 aromatic carbocycles. The second-order valence-corrected chi connectivity index (χ2v) is 4.55. The van der Waals surface area contributed by atoms with Crippen molar-refractivity contribution in [2.45, 2.75) is 13.8 Å². The molecule has 2 nitrogen and oxygen atoms in total. The third-order valence-corrected chi connectivity index (χ3v) is 2.73. The Morgan fingerprint density at radius 2 is 1.88 bits per heavy atom. The highest BCUT2D eigenvalue weighted by Crippen LogP contribution is 2.39. The van der Waals surface area contributed by atoms with Gasteiger partial charge in [-0.3, -0.25) is 0 Å². The molecule has 1 heterocycles. The Balaban J connectivity index is 2.25. The number of hydrogen-bond donors (Lipinski definition) is 0.